The standard InChI is InChI=1S/C15H12Cl2N6O2/c1-21(10-5-2-4-9(18)8-10)14(24)23-15(25)22(19-20-23)13-11(16)6-3-7-12(13)17/h2-8H,18H2,1H3. The van der Waals surface area contributed by atoms with Crippen LogP contribution in [0.2, 0.25) is 10.0 Å². The van der Waals surface area contributed by atoms with Gasteiger partial charge in [0.1, 0.15) is 5.69 Å². The topological polar surface area (TPSA) is 99.0 Å². The first-order valence-corrected chi connectivity index (χ1v) is 7.79. The number of para-hydroxylation sites is 1. The van der Waals surface area contributed by atoms with E-state index in [9.17, 15) is 9.59 Å². The van der Waals surface area contributed by atoms with Gasteiger partial charge in [-0.05, 0) is 40.8 Å². The van der Waals surface area contributed by atoms with Crippen LogP contribution in [0.25, 0.3) is 5.69 Å². The molecule has 10 heteroatoms. The fourth-order valence-electron chi connectivity index (χ4n) is 2.18. The zero-order chi connectivity index (χ0) is 18.1. The van der Waals surface area contributed by atoms with Crippen LogP contribution in [0.3, 0.4) is 0 Å². The number of rotatable bonds is 2. The number of hydrogen-bond donors (Lipinski definition) is 1. The minimum Gasteiger partial charge on any atom is -0.399 e. The minimum absolute atomic E-state index is 0.154. The van der Waals surface area contributed by atoms with Gasteiger partial charge >= 0.3 is 11.7 Å². The van der Waals surface area contributed by atoms with Crippen LogP contribution in [-0.2, 0) is 0 Å². The van der Waals surface area contributed by atoms with Gasteiger partial charge in [-0.3, -0.25) is 4.90 Å². The maximum Gasteiger partial charge on any atom is 0.377 e. The molecular weight excluding hydrogens is 367 g/mol. The first-order chi connectivity index (χ1) is 11.9. The third kappa shape index (κ3) is 3.09. The van der Waals surface area contributed by atoms with E-state index in [0.717, 1.165) is 4.68 Å². The van der Waals surface area contributed by atoms with Crippen LogP contribution in [0.1, 0.15) is 0 Å². The highest BCUT2D eigenvalue weighted by molar-refractivity contribution is 6.37. The quantitative estimate of drug-likeness (QED) is 0.545. The predicted molar refractivity (Wildman–Crippen MR) is 95.7 cm³/mol. The number of nitrogens with two attached hydrogens (primary N) is 1. The maximum atomic E-state index is 12.6. The molecule has 2 aromatic carbocycles. The lowest BCUT2D eigenvalue weighted by Crippen LogP contribution is -2.39. The summed E-state index contributed by atoms with van der Waals surface area (Å²) < 4.78 is 1.48. The molecule has 0 bridgehead atoms. The molecule has 1 amide bonds. The van der Waals surface area contributed by atoms with Crippen LogP contribution in [-0.4, -0.2) is 32.9 Å². The average molecular weight is 379 g/mol. The number of halogens is 2. The number of carbonyl (C=O) groups excluding carboxylic acids is 1. The molecule has 0 aliphatic heterocycles. The van der Waals surface area contributed by atoms with Gasteiger partial charge < -0.3 is 5.73 Å². The number of tetrazole rings is 1. The molecule has 0 unspecified atom stereocenters. The molecule has 0 aliphatic rings. The molecular formula is C15H12Cl2N6O2. The highest BCUT2D eigenvalue weighted by Gasteiger charge is 2.22. The zero-order valence-corrected chi connectivity index (χ0v) is 14.4. The van der Waals surface area contributed by atoms with E-state index in [1.54, 1.807) is 42.5 Å². The van der Waals surface area contributed by atoms with E-state index in [1.165, 1.54) is 11.9 Å². The number of amides is 1. The van der Waals surface area contributed by atoms with Crippen molar-refractivity contribution >= 4 is 40.6 Å². The summed E-state index contributed by atoms with van der Waals surface area (Å²) >= 11 is 12.1. The molecule has 0 spiro atoms. The van der Waals surface area contributed by atoms with Crippen molar-refractivity contribution < 1.29 is 4.79 Å². The summed E-state index contributed by atoms with van der Waals surface area (Å²) in [5.41, 5.74) is 6.05. The zero-order valence-electron chi connectivity index (χ0n) is 12.9. The molecule has 0 atom stereocenters. The summed E-state index contributed by atoms with van der Waals surface area (Å²) in [4.78, 5) is 26.3. The van der Waals surface area contributed by atoms with Crippen LogP contribution in [0.15, 0.2) is 47.3 Å². The Morgan fingerprint density at radius 3 is 2.40 bits per heavy atom. The molecule has 0 aliphatic carbocycles. The molecule has 8 nitrogen and oxygen atoms in total. The Morgan fingerprint density at radius 1 is 1.12 bits per heavy atom. The van der Waals surface area contributed by atoms with E-state index in [-0.39, 0.29) is 15.7 Å². The number of hydrogen-bond acceptors (Lipinski definition) is 5. The molecule has 25 heavy (non-hydrogen) atoms. The summed E-state index contributed by atoms with van der Waals surface area (Å²) in [5.74, 6) is 0. The van der Waals surface area contributed by atoms with Crippen LogP contribution in [0, 0.1) is 0 Å². The summed E-state index contributed by atoms with van der Waals surface area (Å²) in [5, 5.41) is 7.73. The third-order valence-corrected chi connectivity index (χ3v) is 4.07. The Hall–Kier alpha value is -2.84. The van der Waals surface area contributed by atoms with E-state index in [0.29, 0.717) is 16.1 Å². The molecule has 0 saturated carbocycles. The molecule has 128 valence electrons. The van der Waals surface area contributed by atoms with Crippen molar-refractivity contribution in [3.8, 4) is 5.69 Å². The maximum absolute atomic E-state index is 12.6. The largest absolute Gasteiger partial charge is 0.399 e. The van der Waals surface area contributed by atoms with Gasteiger partial charge in [-0.2, -0.15) is 4.68 Å². The Balaban J connectivity index is 2.01. The molecule has 1 aromatic heterocycles. The second kappa shape index (κ2) is 6.58. The Labute approximate surface area is 151 Å². The van der Waals surface area contributed by atoms with Crippen molar-refractivity contribution in [2.24, 2.45) is 0 Å². The predicted octanol–water partition coefficient (Wildman–Crippen LogP) is 2.42. The number of nitrogen functional groups attached to an aromatic ring is 1. The monoisotopic (exact) mass is 378 g/mol. The summed E-state index contributed by atoms with van der Waals surface area (Å²) in [6, 6.07) is 10.7. The third-order valence-electron chi connectivity index (χ3n) is 3.46. The number of carbonyl (C=O) groups is 1. The van der Waals surface area contributed by atoms with E-state index in [2.05, 4.69) is 10.4 Å². The van der Waals surface area contributed by atoms with Crippen molar-refractivity contribution in [3.05, 3.63) is 63.0 Å². The van der Waals surface area contributed by atoms with Crippen molar-refractivity contribution in [3.63, 3.8) is 0 Å². The number of aromatic nitrogens is 4. The van der Waals surface area contributed by atoms with Crippen LogP contribution >= 0.6 is 23.2 Å². The van der Waals surface area contributed by atoms with Gasteiger partial charge in [0.15, 0.2) is 0 Å². The van der Waals surface area contributed by atoms with Crippen molar-refractivity contribution in [1.82, 2.24) is 19.8 Å². The second-order valence-electron chi connectivity index (χ2n) is 5.09. The molecule has 1 heterocycles. The van der Waals surface area contributed by atoms with E-state index >= 15 is 0 Å². The van der Waals surface area contributed by atoms with Crippen molar-refractivity contribution in [2.45, 2.75) is 0 Å². The van der Waals surface area contributed by atoms with Crippen LogP contribution in [0.4, 0.5) is 16.2 Å². The Kier molecular flexibility index (Phi) is 4.47. The molecule has 3 rings (SSSR count). The average Bonchev–Trinajstić information content (AvgIpc) is 2.95. The van der Waals surface area contributed by atoms with E-state index < -0.39 is 11.7 Å². The van der Waals surface area contributed by atoms with Crippen molar-refractivity contribution in [2.75, 3.05) is 17.7 Å². The molecule has 0 fully saturated rings. The van der Waals surface area contributed by atoms with Gasteiger partial charge in [-0.15, -0.1) is 4.68 Å². The van der Waals surface area contributed by atoms with Gasteiger partial charge in [0.2, 0.25) is 0 Å². The highest BCUT2D eigenvalue weighted by atomic mass is 35.5. The minimum atomic E-state index is -0.796. The lowest BCUT2D eigenvalue weighted by molar-refractivity contribution is 0.245. The number of nitrogens with zero attached hydrogens (tertiary/aromatic N) is 5. The first-order valence-electron chi connectivity index (χ1n) is 7.03. The van der Waals surface area contributed by atoms with Gasteiger partial charge in [0, 0.05) is 18.4 Å². The summed E-state index contributed by atoms with van der Waals surface area (Å²) in [6.07, 6.45) is 0. The number of benzene rings is 2. The fourth-order valence-corrected chi connectivity index (χ4v) is 2.74. The van der Waals surface area contributed by atoms with Crippen LogP contribution in [0.5, 0.6) is 0 Å². The summed E-state index contributed by atoms with van der Waals surface area (Å²) in [7, 11) is 1.49. The SMILES string of the molecule is CN(C(=O)n1nnn(-c2c(Cl)cccc2Cl)c1=O)c1cccc(N)c1. The normalized spacial score (nSPS) is 10.7. The van der Waals surface area contributed by atoms with Gasteiger partial charge in [-0.1, -0.05) is 35.3 Å². The van der Waals surface area contributed by atoms with Gasteiger partial charge in [-0.25, -0.2) is 9.59 Å². The highest BCUT2D eigenvalue weighted by Crippen LogP contribution is 2.26. The second-order valence-corrected chi connectivity index (χ2v) is 5.91. The molecule has 0 radical (unpaired) electrons. The lowest BCUT2D eigenvalue weighted by atomic mass is 10.3. The van der Waals surface area contributed by atoms with Crippen LogP contribution < -0.4 is 16.3 Å². The van der Waals surface area contributed by atoms with Gasteiger partial charge in [0.05, 0.1) is 10.0 Å². The number of anilines is 2. The lowest BCUT2D eigenvalue weighted by Gasteiger charge is -2.16. The van der Waals surface area contributed by atoms with E-state index in [4.69, 9.17) is 28.9 Å². The Bertz CT molecular complexity index is 993. The molecule has 3 aromatic rings. The smallest absolute Gasteiger partial charge is 0.377 e. The summed E-state index contributed by atoms with van der Waals surface area (Å²) in [6.45, 7) is 0. The molecule has 0 saturated heterocycles. The first kappa shape index (κ1) is 17.0. The van der Waals surface area contributed by atoms with E-state index in [1.807, 2.05) is 0 Å². The van der Waals surface area contributed by atoms with Gasteiger partial charge in [0.25, 0.3) is 0 Å². The Morgan fingerprint density at radius 2 is 1.76 bits per heavy atom. The fraction of sp³-hybridized carbons (Fsp3) is 0.0667. The van der Waals surface area contributed by atoms with Crippen molar-refractivity contribution in [1.29, 1.82) is 0 Å². The molecule has 2 N–H and O–H groups in total.